The first kappa shape index (κ1) is 7.97. The number of carbonyl (C=O) groups is 1. The van der Waals surface area contributed by atoms with E-state index < -0.39 is 6.09 Å². The number of rotatable bonds is 2. The Morgan fingerprint density at radius 2 is 2.50 bits per heavy atom. The average Bonchev–Trinajstić information content (AvgIpc) is 1.65. The Bertz CT molecular complexity index is 87.4. The van der Waals surface area contributed by atoms with Gasteiger partial charge >= 0.3 is 6.09 Å². The van der Waals surface area contributed by atoms with Gasteiger partial charge in [-0.25, -0.2) is 4.79 Å². The van der Waals surface area contributed by atoms with Gasteiger partial charge in [0.2, 0.25) is 0 Å². The van der Waals surface area contributed by atoms with Crippen LogP contribution in [-0.2, 0) is 0 Å². The molecule has 5 heteroatoms. The van der Waals surface area contributed by atoms with Crippen molar-refractivity contribution in [1.29, 1.82) is 0 Å². The standard InChI is InChI=1S/C3H7NO2S2/c1-2(8-7)4-3(5)6/h2,4,7H,1H3,(H,5,6). The number of amides is 1. The van der Waals surface area contributed by atoms with Crippen LogP contribution in [0.4, 0.5) is 4.79 Å². The van der Waals surface area contributed by atoms with Gasteiger partial charge in [0.25, 0.3) is 0 Å². The fourth-order valence-electron chi connectivity index (χ4n) is 0.200. The monoisotopic (exact) mass is 153 g/mol. The third-order valence-corrected chi connectivity index (χ3v) is 1.87. The zero-order chi connectivity index (χ0) is 6.57. The van der Waals surface area contributed by atoms with Gasteiger partial charge in [-0.3, -0.25) is 0 Å². The predicted octanol–water partition coefficient (Wildman–Crippen LogP) is 1.18. The molecule has 0 saturated carbocycles. The minimum Gasteiger partial charge on any atom is -0.465 e. The average molecular weight is 153 g/mol. The predicted molar refractivity (Wildman–Crippen MR) is 37.2 cm³/mol. The maximum atomic E-state index is 9.81. The minimum absolute atomic E-state index is 0.143. The van der Waals surface area contributed by atoms with E-state index in [0.717, 1.165) is 10.8 Å². The van der Waals surface area contributed by atoms with Crippen LogP contribution in [0, 0.1) is 0 Å². The smallest absolute Gasteiger partial charge is 0.405 e. The summed E-state index contributed by atoms with van der Waals surface area (Å²) in [6, 6.07) is 0. The van der Waals surface area contributed by atoms with Crippen molar-refractivity contribution in [3.05, 3.63) is 0 Å². The van der Waals surface area contributed by atoms with Crippen molar-refractivity contribution < 1.29 is 9.90 Å². The molecule has 0 aliphatic rings. The second-order valence-corrected chi connectivity index (χ2v) is 2.75. The molecule has 1 unspecified atom stereocenters. The van der Waals surface area contributed by atoms with Crippen LogP contribution in [0.5, 0.6) is 0 Å². The van der Waals surface area contributed by atoms with Crippen LogP contribution in [0.2, 0.25) is 0 Å². The first-order chi connectivity index (χ1) is 3.66. The normalized spacial score (nSPS) is 12.8. The van der Waals surface area contributed by atoms with Crippen LogP contribution < -0.4 is 5.32 Å². The van der Waals surface area contributed by atoms with Crippen LogP contribution in [0.25, 0.3) is 0 Å². The highest BCUT2D eigenvalue weighted by Gasteiger charge is 2.00. The van der Waals surface area contributed by atoms with Gasteiger partial charge in [0.05, 0.1) is 5.37 Å². The van der Waals surface area contributed by atoms with Gasteiger partial charge in [-0.2, -0.15) is 0 Å². The number of nitrogens with one attached hydrogen (secondary N) is 1. The molecule has 0 heterocycles. The maximum Gasteiger partial charge on any atom is 0.405 e. The summed E-state index contributed by atoms with van der Waals surface area (Å²) >= 11 is 3.78. The van der Waals surface area contributed by atoms with Gasteiger partial charge in [0.1, 0.15) is 0 Å². The minimum atomic E-state index is -1.01. The molecular weight excluding hydrogens is 146 g/mol. The summed E-state index contributed by atoms with van der Waals surface area (Å²) in [5, 5.41) is 10.1. The van der Waals surface area contributed by atoms with E-state index in [1.54, 1.807) is 6.92 Å². The Morgan fingerprint density at radius 3 is 2.62 bits per heavy atom. The molecule has 48 valence electrons. The number of hydrogen-bond acceptors (Lipinski definition) is 3. The van der Waals surface area contributed by atoms with Gasteiger partial charge in [0.15, 0.2) is 0 Å². The Labute approximate surface area is 56.7 Å². The molecule has 0 rings (SSSR count). The van der Waals surface area contributed by atoms with E-state index in [1.165, 1.54) is 0 Å². The van der Waals surface area contributed by atoms with Crippen molar-refractivity contribution >= 4 is 28.5 Å². The molecule has 1 amide bonds. The van der Waals surface area contributed by atoms with Gasteiger partial charge in [-0.05, 0) is 6.92 Å². The molecule has 0 aromatic carbocycles. The molecule has 0 fully saturated rings. The third-order valence-electron chi connectivity index (χ3n) is 0.485. The lowest BCUT2D eigenvalue weighted by molar-refractivity contribution is 0.194. The highest BCUT2D eigenvalue weighted by molar-refractivity contribution is 8.68. The molecule has 0 saturated heterocycles. The Hall–Kier alpha value is -0.0300. The number of carboxylic acid groups (broad SMARTS) is 1. The zero-order valence-corrected chi connectivity index (χ0v) is 6.00. The van der Waals surface area contributed by atoms with Crippen LogP contribution in [-0.4, -0.2) is 16.6 Å². The summed E-state index contributed by atoms with van der Waals surface area (Å²) in [5.74, 6) is 0. The van der Waals surface area contributed by atoms with E-state index in [-0.39, 0.29) is 5.37 Å². The van der Waals surface area contributed by atoms with Gasteiger partial charge in [-0.1, -0.05) is 10.8 Å². The highest BCUT2D eigenvalue weighted by atomic mass is 33.1. The van der Waals surface area contributed by atoms with E-state index in [0.29, 0.717) is 0 Å². The van der Waals surface area contributed by atoms with Crippen molar-refractivity contribution in [2.75, 3.05) is 0 Å². The van der Waals surface area contributed by atoms with Crippen molar-refractivity contribution in [3.8, 4) is 0 Å². The Morgan fingerprint density at radius 1 is 2.00 bits per heavy atom. The molecule has 1 atom stereocenters. The second kappa shape index (κ2) is 3.91. The molecule has 2 N–H and O–H groups in total. The maximum absolute atomic E-state index is 9.81. The summed E-state index contributed by atoms with van der Waals surface area (Å²) < 4.78 is 0. The third kappa shape index (κ3) is 4.14. The van der Waals surface area contributed by atoms with E-state index in [9.17, 15) is 4.79 Å². The molecule has 0 aliphatic heterocycles. The molecule has 0 bridgehead atoms. The summed E-state index contributed by atoms with van der Waals surface area (Å²) in [7, 11) is 1.16. The fourth-order valence-corrected chi connectivity index (χ4v) is 0.512. The highest BCUT2D eigenvalue weighted by Crippen LogP contribution is 2.10. The molecule has 0 spiro atoms. The molecule has 0 aromatic rings. The molecule has 3 nitrogen and oxygen atoms in total. The van der Waals surface area contributed by atoms with Crippen molar-refractivity contribution in [2.45, 2.75) is 12.3 Å². The molecule has 8 heavy (non-hydrogen) atoms. The molecule has 0 radical (unpaired) electrons. The van der Waals surface area contributed by atoms with Crippen LogP contribution in [0.15, 0.2) is 0 Å². The van der Waals surface area contributed by atoms with E-state index in [4.69, 9.17) is 5.11 Å². The fraction of sp³-hybridized carbons (Fsp3) is 0.667. The first-order valence-corrected chi connectivity index (χ1v) is 3.89. The molecule has 0 aromatic heterocycles. The largest absolute Gasteiger partial charge is 0.465 e. The lowest BCUT2D eigenvalue weighted by Crippen LogP contribution is -2.27. The molecular formula is C3H7NO2S2. The summed E-state index contributed by atoms with van der Waals surface area (Å²) in [4.78, 5) is 9.81. The van der Waals surface area contributed by atoms with Crippen molar-refractivity contribution in [2.24, 2.45) is 0 Å². The lowest BCUT2D eigenvalue weighted by Gasteiger charge is -2.04. The quantitative estimate of drug-likeness (QED) is 0.317. The SMILES string of the molecule is CC(NC(=O)O)SS. The van der Waals surface area contributed by atoms with Crippen LogP contribution in [0.3, 0.4) is 0 Å². The first-order valence-electron chi connectivity index (χ1n) is 1.96. The Kier molecular flexibility index (Phi) is 3.90. The van der Waals surface area contributed by atoms with E-state index in [2.05, 4.69) is 17.0 Å². The topological polar surface area (TPSA) is 49.3 Å². The van der Waals surface area contributed by atoms with Crippen LogP contribution in [0.1, 0.15) is 6.92 Å². The number of thiol groups is 1. The van der Waals surface area contributed by atoms with Crippen LogP contribution >= 0.6 is 22.5 Å². The van der Waals surface area contributed by atoms with Crippen molar-refractivity contribution in [3.63, 3.8) is 0 Å². The van der Waals surface area contributed by atoms with Gasteiger partial charge < -0.3 is 10.4 Å². The zero-order valence-electron chi connectivity index (χ0n) is 4.29. The molecule has 0 aliphatic carbocycles. The number of hydrogen-bond donors (Lipinski definition) is 3. The second-order valence-electron chi connectivity index (χ2n) is 1.20. The summed E-state index contributed by atoms with van der Waals surface area (Å²) in [5.41, 5.74) is 0. The van der Waals surface area contributed by atoms with Gasteiger partial charge in [0, 0.05) is 0 Å². The summed E-state index contributed by atoms with van der Waals surface area (Å²) in [6.07, 6.45) is -1.01. The summed E-state index contributed by atoms with van der Waals surface area (Å²) in [6.45, 7) is 1.71. The lowest BCUT2D eigenvalue weighted by atomic mass is 10.7. The van der Waals surface area contributed by atoms with E-state index in [1.807, 2.05) is 0 Å². The Balaban J connectivity index is 3.24. The van der Waals surface area contributed by atoms with Gasteiger partial charge in [-0.15, -0.1) is 11.7 Å². The van der Waals surface area contributed by atoms with Crippen molar-refractivity contribution in [1.82, 2.24) is 5.32 Å². The van der Waals surface area contributed by atoms with E-state index >= 15 is 0 Å².